The molecule has 0 rings (SSSR count). The van der Waals surface area contributed by atoms with Crippen LogP contribution in [0, 0.1) is 5.41 Å². The predicted molar refractivity (Wildman–Crippen MR) is 187 cm³/mol. The number of hydrogen-bond donors (Lipinski definition) is 16. The van der Waals surface area contributed by atoms with Crippen molar-refractivity contribution in [2.45, 2.75) is 73.0 Å². The second-order valence-corrected chi connectivity index (χ2v) is 12.9. The second kappa shape index (κ2) is 37.2. The molecule has 0 heterocycles. The first-order chi connectivity index (χ1) is 20.1. The van der Waals surface area contributed by atoms with E-state index in [1.807, 2.05) is 0 Å². The summed E-state index contributed by atoms with van der Waals surface area (Å²) in [5.41, 5.74) is -1.11. The summed E-state index contributed by atoms with van der Waals surface area (Å²) in [4.78, 5) is 57.7. The van der Waals surface area contributed by atoms with Crippen molar-refractivity contribution in [3.63, 3.8) is 0 Å². The molecule has 22 heteroatoms. The minimum atomic E-state index is -1.11. The Hall–Kier alpha value is -1.24. The molecule has 0 aromatic rings. The minimum absolute atomic E-state index is 0.406. The van der Waals surface area contributed by atoms with E-state index in [4.69, 9.17) is 51.1 Å². The van der Waals surface area contributed by atoms with E-state index < -0.39 is 99.2 Å². The van der Waals surface area contributed by atoms with Gasteiger partial charge in [-0.25, -0.2) is 0 Å². The Bertz CT molecular complexity index is 632. The van der Waals surface area contributed by atoms with E-state index in [1.165, 1.54) is 41.5 Å². The lowest BCUT2D eigenvalue weighted by atomic mass is 9.93. The van der Waals surface area contributed by atoms with Crippen molar-refractivity contribution in [1.29, 1.82) is 0 Å². The van der Waals surface area contributed by atoms with Crippen LogP contribution in [-0.4, -0.2) is 145 Å². The molecule has 272 valence electrons. The Morgan fingerprint density at radius 3 is 0.444 bits per heavy atom. The maximum atomic E-state index is 9.62. The van der Waals surface area contributed by atoms with Crippen LogP contribution in [0.5, 0.6) is 0 Å². The predicted octanol–water partition coefficient (Wildman–Crippen LogP) is 0.278. The highest BCUT2D eigenvalue weighted by Gasteiger charge is 2.26. The summed E-state index contributed by atoms with van der Waals surface area (Å²) in [7, 11) is 0. The Balaban J connectivity index is -0.0000000754. The summed E-state index contributed by atoms with van der Waals surface area (Å²) in [6.45, 7) is 7.41. The van der Waals surface area contributed by atoms with Gasteiger partial charge in [0.15, 0.2) is 0 Å². The van der Waals surface area contributed by atoms with Crippen molar-refractivity contribution in [3.8, 4) is 0 Å². The lowest BCUT2D eigenvalue weighted by molar-refractivity contribution is -0.137. The number of thiol groups is 6. The van der Waals surface area contributed by atoms with E-state index in [9.17, 15) is 28.8 Å². The van der Waals surface area contributed by atoms with Crippen LogP contribution in [0.4, 0.5) is 0 Å². The van der Waals surface area contributed by atoms with Crippen molar-refractivity contribution in [1.82, 2.24) is 0 Å². The van der Waals surface area contributed by atoms with Gasteiger partial charge in [0.25, 0.3) is 0 Å². The molecule has 0 spiro atoms. The van der Waals surface area contributed by atoms with Gasteiger partial charge in [0, 0.05) is 0 Å². The van der Waals surface area contributed by atoms with Crippen LogP contribution in [0.15, 0.2) is 0 Å². The summed E-state index contributed by atoms with van der Waals surface area (Å²) in [6, 6.07) is 0. The van der Waals surface area contributed by atoms with Crippen LogP contribution in [-0.2, 0) is 28.8 Å². The van der Waals surface area contributed by atoms with Crippen LogP contribution in [0.2, 0.25) is 0 Å². The third-order valence-electron chi connectivity index (χ3n) is 3.49. The molecule has 0 fully saturated rings. The fraction of sp³-hybridized carbons (Fsp3) is 0.739. The molecule has 0 saturated carbocycles. The molecule has 16 nitrogen and oxygen atoms in total. The second-order valence-electron chi connectivity index (χ2n) is 8.22. The van der Waals surface area contributed by atoms with Gasteiger partial charge in [0.1, 0.15) is 0 Å². The molecule has 0 bridgehead atoms. The van der Waals surface area contributed by atoms with E-state index in [0.29, 0.717) is 0 Å². The van der Waals surface area contributed by atoms with Crippen LogP contribution in [0.3, 0.4) is 0 Å². The number of aliphatic carboxylic acids is 6. The highest BCUT2D eigenvalue weighted by molar-refractivity contribution is 7.82. The van der Waals surface area contributed by atoms with Crippen molar-refractivity contribution >= 4 is 112 Å². The highest BCUT2D eigenvalue weighted by Crippen LogP contribution is 2.11. The Labute approximate surface area is 295 Å². The normalized spacial score (nSPS) is 13.3. The number of carboxylic acids is 6. The molecule has 0 radical (unpaired) electrons. The van der Waals surface area contributed by atoms with Crippen LogP contribution in [0.1, 0.15) is 41.5 Å². The Morgan fingerprint density at radius 1 is 0.378 bits per heavy atom. The number of carboxylic acid groups (broad SMARTS) is 6. The molecule has 0 aliphatic rings. The molecule has 10 N–H and O–H groups in total. The standard InChI is InChI=1S/C5H12O4.6C3H6O2S/c6-1-5(2-7,3-8)4-9;6*1-2(6)3(4)5/h6-9H,1-4H2;6*2,6H,1H3,(H,4,5). The van der Waals surface area contributed by atoms with Crippen LogP contribution < -0.4 is 0 Å². The lowest BCUT2D eigenvalue weighted by Gasteiger charge is -2.23. The van der Waals surface area contributed by atoms with Gasteiger partial charge in [-0.3, -0.25) is 28.8 Å². The third-order valence-corrected chi connectivity index (χ3v) is 4.81. The van der Waals surface area contributed by atoms with E-state index in [1.54, 1.807) is 0 Å². The zero-order valence-electron chi connectivity index (χ0n) is 25.4. The zero-order valence-corrected chi connectivity index (χ0v) is 30.8. The average molecular weight is 773 g/mol. The topological polar surface area (TPSA) is 305 Å². The molecule has 6 atom stereocenters. The quantitative estimate of drug-likeness (QED) is 0.133. The number of aliphatic hydroxyl groups is 4. The first-order valence-electron chi connectivity index (χ1n) is 12.0. The summed E-state index contributed by atoms with van der Waals surface area (Å²) in [5, 5.41) is 78.2. The number of aliphatic hydroxyl groups excluding tert-OH is 4. The van der Waals surface area contributed by atoms with Gasteiger partial charge in [0.2, 0.25) is 0 Å². The zero-order chi connectivity index (χ0) is 38.3. The summed E-state index contributed by atoms with van der Waals surface area (Å²) >= 11 is 21.6. The molecule has 0 saturated heterocycles. The number of carbonyl (C=O) groups is 6. The lowest BCUT2D eigenvalue weighted by Crippen LogP contribution is -2.37. The fourth-order valence-corrected chi connectivity index (χ4v) is 0.300. The van der Waals surface area contributed by atoms with Gasteiger partial charge in [-0.2, -0.15) is 75.8 Å². The van der Waals surface area contributed by atoms with Crippen molar-refractivity contribution in [2.24, 2.45) is 5.41 Å². The van der Waals surface area contributed by atoms with E-state index >= 15 is 0 Å². The van der Waals surface area contributed by atoms with Gasteiger partial charge in [-0.15, -0.1) is 0 Å². The fourth-order valence-electron chi connectivity index (χ4n) is 0.300. The monoisotopic (exact) mass is 772 g/mol. The SMILES string of the molecule is CC(S)C(=O)O.CC(S)C(=O)O.CC(S)C(=O)O.CC(S)C(=O)O.CC(S)C(=O)O.CC(S)C(=O)O.OCC(CO)(CO)CO. The van der Waals surface area contributed by atoms with E-state index in [0.717, 1.165) is 0 Å². The summed E-state index contributed by atoms with van der Waals surface area (Å²) in [6.07, 6.45) is 0. The molecular formula is C23H48O16S6. The molecule has 0 amide bonds. The number of rotatable bonds is 10. The summed E-state index contributed by atoms with van der Waals surface area (Å²) in [5.74, 6) is -5.26. The minimum Gasteiger partial charge on any atom is -0.480 e. The van der Waals surface area contributed by atoms with Crippen LogP contribution in [0.25, 0.3) is 0 Å². The van der Waals surface area contributed by atoms with Crippen LogP contribution >= 0.6 is 75.8 Å². The molecule has 0 aromatic carbocycles. The van der Waals surface area contributed by atoms with E-state index in [2.05, 4.69) is 75.8 Å². The maximum Gasteiger partial charge on any atom is 0.316 e. The Morgan fingerprint density at radius 2 is 0.444 bits per heavy atom. The molecule has 0 aliphatic heterocycles. The third kappa shape index (κ3) is 58.8. The highest BCUT2D eigenvalue weighted by atomic mass is 32.1. The summed E-state index contributed by atoms with van der Waals surface area (Å²) < 4.78 is 0. The van der Waals surface area contributed by atoms with Crippen molar-refractivity contribution < 1.29 is 79.8 Å². The largest absolute Gasteiger partial charge is 0.480 e. The van der Waals surface area contributed by atoms with Gasteiger partial charge in [-0.1, -0.05) is 0 Å². The average Bonchev–Trinajstić information content (AvgIpc) is 2.92. The number of hydrogen-bond acceptors (Lipinski definition) is 16. The molecule has 0 aliphatic carbocycles. The van der Waals surface area contributed by atoms with Gasteiger partial charge in [0.05, 0.1) is 63.3 Å². The van der Waals surface area contributed by atoms with E-state index in [-0.39, 0.29) is 0 Å². The smallest absolute Gasteiger partial charge is 0.316 e. The first-order valence-corrected chi connectivity index (χ1v) is 15.1. The first kappa shape index (κ1) is 59.2. The van der Waals surface area contributed by atoms with Gasteiger partial charge in [-0.05, 0) is 41.5 Å². The molecule has 6 unspecified atom stereocenters. The Kier molecular flexibility index (Phi) is 49.0. The van der Waals surface area contributed by atoms with Crippen molar-refractivity contribution in [3.05, 3.63) is 0 Å². The van der Waals surface area contributed by atoms with Gasteiger partial charge >= 0.3 is 35.8 Å². The molecular weight excluding hydrogens is 725 g/mol. The maximum absolute atomic E-state index is 9.62. The van der Waals surface area contributed by atoms with Crippen molar-refractivity contribution in [2.75, 3.05) is 26.4 Å². The van der Waals surface area contributed by atoms with Gasteiger partial charge < -0.3 is 51.1 Å². The molecule has 45 heavy (non-hydrogen) atoms. The molecule has 0 aromatic heterocycles.